The molecular formula is C13H11BrOS. The van der Waals surface area contributed by atoms with E-state index in [0.717, 1.165) is 27.6 Å². The minimum atomic E-state index is 0.102. The number of hydrogen-bond acceptors (Lipinski definition) is 2. The molecule has 0 saturated carbocycles. The van der Waals surface area contributed by atoms with Crippen molar-refractivity contribution in [1.82, 2.24) is 0 Å². The average Bonchev–Trinajstić information content (AvgIpc) is 2.74. The van der Waals surface area contributed by atoms with Gasteiger partial charge in [0.15, 0.2) is 5.78 Å². The standard InChI is InChI=1S/C13H11BrOS/c1-2-9-5-3-4-6-10(9)13(15)11-7-16-8-12(11)14/h3-8H,2H2,1H3. The van der Waals surface area contributed by atoms with Crippen LogP contribution >= 0.6 is 27.3 Å². The molecule has 16 heavy (non-hydrogen) atoms. The van der Waals surface area contributed by atoms with Crippen molar-refractivity contribution in [3.05, 3.63) is 56.2 Å². The van der Waals surface area contributed by atoms with Crippen molar-refractivity contribution in [2.45, 2.75) is 13.3 Å². The number of carbonyl (C=O) groups excluding carboxylic acids is 1. The molecule has 1 aromatic heterocycles. The van der Waals surface area contributed by atoms with E-state index in [1.54, 1.807) is 0 Å². The first-order chi connectivity index (χ1) is 7.74. The van der Waals surface area contributed by atoms with E-state index in [4.69, 9.17) is 0 Å². The Morgan fingerprint density at radius 3 is 2.62 bits per heavy atom. The fraction of sp³-hybridized carbons (Fsp3) is 0.154. The van der Waals surface area contributed by atoms with Gasteiger partial charge in [0.25, 0.3) is 0 Å². The first-order valence-corrected chi connectivity index (χ1v) is 6.82. The highest BCUT2D eigenvalue weighted by Crippen LogP contribution is 2.25. The number of ketones is 1. The molecule has 2 aromatic rings. The zero-order valence-electron chi connectivity index (χ0n) is 8.87. The Morgan fingerprint density at radius 1 is 1.25 bits per heavy atom. The van der Waals surface area contributed by atoms with E-state index >= 15 is 0 Å². The van der Waals surface area contributed by atoms with Gasteiger partial charge in [0.1, 0.15) is 0 Å². The number of hydrogen-bond donors (Lipinski definition) is 0. The second-order valence-electron chi connectivity index (χ2n) is 3.47. The molecule has 1 aromatic carbocycles. The van der Waals surface area contributed by atoms with Crippen molar-refractivity contribution < 1.29 is 4.79 Å². The summed E-state index contributed by atoms with van der Waals surface area (Å²) >= 11 is 4.94. The highest BCUT2D eigenvalue weighted by molar-refractivity contribution is 9.10. The van der Waals surface area contributed by atoms with E-state index in [1.807, 2.05) is 35.0 Å². The summed E-state index contributed by atoms with van der Waals surface area (Å²) in [6, 6.07) is 7.78. The van der Waals surface area contributed by atoms with Crippen LogP contribution < -0.4 is 0 Å². The molecule has 0 radical (unpaired) electrons. The monoisotopic (exact) mass is 294 g/mol. The molecule has 0 N–H and O–H groups in total. The molecule has 0 unspecified atom stereocenters. The molecule has 0 aliphatic rings. The Labute approximate surface area is 107 Å². The van der Waals surface area contributed by atoms with Gasteiger partial charge in [0.2, 0.25) is 0 Å². The minimum absolute atomic E-state index is 0.102. The van der Waals surface area contributed by atoms with Crippen molar-refractivity contribution >= 4 is 33.0 Å². The van der Waals surface area contributed by atoms with E-state index in [1.165, 1.54) is 11.3 Å². The third kappa shape index (κ3) is 2.11. The van der Waals surface area contributed by atoms with Crippen LogP contribution in [-0.2, 0) is 6.42 Å². The number of carbonyl (C=O) groups is 1. The molecule has 0 spiro atoms. The number of halogens is 1. The molecule has 3 heteroatoms. The van der Waals surface area contributed by atoms with Crippen molar-refractivity contribution in [1.29, 1.82) is 0 Å². The molecule has 0 saturated heterocycles. The Morgan fingerprint density at radius 2 is 2.00 bits per heavy atom. The van der Waals surface area contributed by atoms with Crippen LogP contribution in [0.4, 0.5) is 0 Å². The normalized spacial score (nSPS) is 10.4. The fourth-order valence-electron chi connectivity index (χ4n) is 1.64. The Bertz CT molecular complexity index is 516. The van der Waals surface area contributed by atoms with Crippen LogP contribution in [0.3, 0.4) is 0 Å². The largest absolute Gasteiger partial charge is 0.289 e. The lowest BCUT2D eigenvalue weighted by atomic mass is 9.99. The first-order valence-electron chi connectivity index (χ1n) is 5.08. The van der Waals surface area contributed by atoms with Gasteiger partial charge >= 0.3 is 0 Å². The fourth-order valence-corrected chi connectivity index (χ4v) is 3.09. The molecule has 1 nitrogen and oxygen atoms in total. The number of thiophene rings is 1. The lowest BCUT2D eigenvalue weighted by Crippen LogP contribution is -2.04. The van der Waals surface area contributed by atoms with Gasteiger partial charge in [-0.3, -0.25) is 4.79 Å². The quantitative estimate of drug-likeness (QED) is 0.771. The van der Waals surface area contributed by atoms with E-state index in [0.29, 0.717) is 0 Å². The van der Waals surface area contributed by atoms with Gasteiger partial charge in [-0.05, 0) is 27.9 Å². The Hall–Kier alpha value is -0.930. The van der Waals surface area contributed by atoms with Gasteiger partial charge in [0, 0.05) is 26.4 Å². The molecule has 82 valence electrons. The summed E-state index contributed by atoms with van der Waals surface area (Å²) in [5.74, 6) is 0.102. The summed E-state index contributed by atoms with van der Waals surface area (Å²) in [6.07, 6.45) is 0.879. The minimum Gasteiger partial charge on any atom is -0.289 e. The Balaban J connectivity index is 2.46. The molecule has 0 aliphatic carbocycles. The zero-order chi connectivity index (χ0) is 11.5. The van der Waals surface area contributed by atoms with Gasteiger partial charge < -0.3 is 0 Å². The molecule has 0 amide bonds. The summed E-state index contributed by atoms with van der Waals surface area (Å²) in [6.45, 7) is 2.06. The van der Waals surface area contributed by atoms with Gasteiger partial charge in [0.05, 0.1) is 0 Å². The first kappa shape index (κ1) is 11.6. The van der Waals surface area contributed by atoms with Gasteiger partial charge in [-0.25, -0.2) is 0 Å². The van der Waals surface area contributed by atoms with E-state index in [9.17, 15) is 4.79 Å². The average molecular weight is 295 g/mol. The molecule has 0 aliphatic heterocycles. The predicted molar refractivity (Wildman–Crippen MR) is 71.3 cm³/mol. The van der Waals surface area contributed by atoms with Gasteiger partial charge in [-0.2, -0.15) is 11.3 Å². The highest BCUT2D eigenvalue weighted by atomic mass is 79.9. The second kappa shape index (κ2) is 4.93. The van der Waals surface area contributed by atoms with Crippen LogP contribution in [-0.4, -0.2) is 5.78 Å². The summed E-state index contributed by atoms with van der Waals surface area (Å²) in [7, 11) is 0. The number of rotatable bonds is 3. The summed E-state index contributed by atoms with van der Waals surface area (Å²) < 4.78 is 0.883. The van der Waals surface area contributed by atoms with Crippen LogP contribution in [0.1, 0.15) is 28.4 Å². The van der Waals surface area contributed by atoms with Crippen molar-refractivity contribution in [3.63, 3.8) is 0 Å². The Kier molecular flexibility index (Phi) is 3.56. The van der Waals surface area contributed by atoms with E-state index in [2.05, 4.69) is 22.9 Å². The van der Waals surface area contributed by atoms with Crippen LogP contribution in [0, 0.1) is 0 Å². The van der Waals surface area contributed by atoms with Crippen LogP contribution in [0.2, 0.25) is 0 Å². The highest BCUT2D eigenvalue weighted by Gasteiger charge is 2.15. The zero-order valence-corrected chi connectivity index (χ0v) is 11.3. The lowest BCUT2D eigenvalue weighted by molar-refractivity contribution is 0.103. The van der Waals surface area contributed by atoms with Gasteiger partial charge in [-0.15, -0.1) is 0 Å². The van der Waals surface area contributed by atoms with Crippen molar-refractivity contribution in [2.75, 3.05) is 0 Å². The molecule has 1 heterocycles. The smallest absolute Gasteiger partial charge is 0.195 e. The summed E-state index contributed by atoms with van der Waals surface area (Å²) in [5.41, 5.74) is 2.67. The summed E-state index contributed by atoms with van der Waals surface area (Å²) in [4.78, 5) is 12.3. The SMILES string of the molecule is CCc1ccccc1C(=O)c1cscc1Br. The van der Waals surface area contributed by atoms with E-state index < -0.39 is 0 Å². The van der Waals surface area contributed by atoms with E-state index in [-0.39, 0.29) is 5.78 Å². The lowest BCUT2D eigenvalue weighted by Gasteiger charge is -2.05. The maximum absolute atomic E-state index is 12.3. The second-order valence-corrected chi connectivity index (χ2v) is 5.07. The number of aryl methyl sites for hydroxylation is 1. The third-order valence-corrected chi connectivity index (χ3v) is 4.20. The molecule has 0 bridgehead atoms. The summed E-state index contributed by atoms with van der Waals surface area (Å²) in [5, 5.41) is 3.82. The maximum Gasteiger partial charge on any atom is 0.195 e. The predicted octanol–water partition coefficient (Wildman–Crippen LogP) is 4.30. The topological polar surface area (TPSA) is 17.1 Å². The van der Waals surface area contributed by atoms with Crippen LogP contribution in [0.25, 0.3) is 0 Å². The maximum atomic E-state index is 12.3. The third-order valence-electron chi connectivity index (χ3n) is 2.50. The van der Waals surface area contributed by atoms with Crippen molar-refractivity contribution in [2.24, 2.45) is 0 Å². The van der Waals surface area contributed by atoms with Crippen molar-refractivity contribution in [3.8, 4) is 0 Å². The van der Waals surface area contributed by atoms with Gasteiger partial charge in [-0.1, -0.05) is 31.2 Å². The molecular weight excluding hydrogens is 284 g/mol. The van der Waals surface area contributed by atoms with Crippen LogP contribution in [0.15, 0.2) is 39.5 Å². The number of benzene rings is 1. The molecule has 0 atom stereocenters. The van der Waals surface area contributed by atoms with Crippen LogP contribution in [0.5, 0.6) is 0 Å². The molecule has 0 fully saturated rings. The molecule has 2 rings (SSSR count).